The van der Waals surface area contributed by atoms with Crippen molar-refractivity contribution in [3.8, 4) is 0 Å². The zero-order chi connectivity index (χ0) is 20.3. The third-order valence-corrected chi connectivity index (χ3v) is 6.13. The quantitative estimate of drug-likeness (QED) is 0.461. The highest BCUT2D eigenvalue weighted by Crippen LogP contribution is 2.32. The van der Waals surface area contributed by atoms with Gasteiger partial charge in [-0.25, -0.2) is 4.98 Å². The summed E-state index contributed by atoms with van der Waals surface area (Å²) < 4.78 is 0. The molecule has 0 radical (unpaired) electrons. The number of hydrogen-bond acceptors (Lipinski definition) is 5. The van der Waals surface area contributed by atoms with Crippen molar-refractivity contribution in [3.05, 3.63) is 82.9 Å². The first kappa shape index (κ1) is 18.8. The second kappa shape index (κ2) is 8.24. The van der Waals surface area contributed by atoms with Crippen molar-refractivity contribution in [2.75, 3.05) is 12.3 Å². The molecule has 5 rings (SSSR count). The maximum absolute atomic E-state index is 6.08. The molecule has 0 amide bonds. The summed E-state index contributed by atoms with van der Waals surface area (Å²) in [6.07, 6.45) is 4.38. The van der Waals surface area contributed by atoms with Crippen LogP contribution in [0.3, 0.4) is 0 Å². The van der Waals surface area contributed by atoms with Gasteiger partial charge in [0.2, 0.25) is 5.65 Å². The first-order chi connectivity index (χ1) is 14.8. The normalized spacial score (nSPS) is 17.0. The highest BCUT2D eigenvalue weighted by atomic mass is 15.3. The molecule has 152 valence electrons. The smallest absolute Gasteiger partial charge is 0.203 e. The first-order valence-corrected chi connectivity index (χ1v) is 10.6. The second-order valence-corrected chi connectivity index (χ2v) is 8.05. The Bertz CT molecular complexity index is 1140. The summed E-state index contributed by atoms with van der Waals surface area (Å²) in [7, 11) is 0. The average molecular weight is 399 g/mol. The Labute approximate surface area is 175 Å². The van der Waals surface area contributed by atoms with Gasteiger partial charge < -0.3 is 11.1 Å². The van der Waals surface area contributed by atoms with Crippen LogP contribution in [-0.2, 0) is 12.8 Å². The molecular weight excluding hydrogens is 372 g/mol. The minimum absolute atomic E-state index is 0.174. The van der Waals surface area contributed by atoms with Crippen LogP contribution in [0.15, 0.2) is 60.7 Å². The van der Waals surface area contributed by atoms with Crippen molar-refractivity contribution >= 4 is 17.0 Å². The maximum Gasteiger partial charge on any atom is 0.203 e. The van der Waals surface area contributed by atoms with E-state index in [1.807, 2.05) is 12.1 Å². The van der Waals surface area contributed by atoms with Crippen LogP contribution in [0.25, 0.3) is 11.2 Å². The van der Waals surface area contributed by atoms with Gasteiger partial charge in [0.05, 0.1) is 0 Å². The van der Waals surface area contributed by atoms with Crippen molar-refractivity contribution < 1.29 is 0 Å². The molecule has 6 nitrogen and oxygen atoms in total. The molecule has 0 spiro atoms. The second-order valence-electron chi connectivity index (χ2n) is 8.05. The zero-order valence-electron chi connectivity index (χ0n) is 16.9. The topological polar surface area (TPSA) is 92.5 Å². The number of pyridine rings is 1. The fourth-order valence-corrected chi connectivity index (χ4v) is 4.64. The molecule has 0 fully saturated rings. The summed E-state index contributed by atoms with van der Waals surface area (Å²) >= 11 is 0. The lowest BCUT2D eigenvalue weighted by molar-refractivity contribution is 0.448. The molecule has 0 saturated carbocycles. The summed E-state index contributed by atoms with van der Waals surface area (Å²) in [5, 5.41) is 15.0. The Balaban J connectivity index is 1.36. The standard InChI is InChI=1S/C24H26N6/c25-22-15-21(23-24(27-22)29-30-28-23)20(17-7-2-1-3-8-17)12-13-26-19-11-10-16-6-4-5-9-18(16)14-19/h1-9,15,19-20,26H,10-14H2,(H3,25,27,28,29,30). The van der Waals surface area contributed by atoms with E-state index in [1.54, 1.807) is 0 Å². The number of aromatic amines is 1. The Hall–Kier alpha value is -3.25. The van der Waals surface area contributed by atoms with Crippen LogP contribution in [0, 0.1) is 0 Å². The van der Waals surface area contributed by atoms with Crippen LogP contribution >= 0.6 is 0 Å². The van der Waals surface area contributed by atoms with E-state index in [-0.39, 0.29) is 5.92 Å². The van der Waals surface area contributed by atoms with Gasteiger partial charge in [0.25, 0.3) is 0 Å². The average Bonchev–Trinajstić information content (AvgIpc) is 3.25. The number of nitrogens with two attached hydrogens (primary N) is 1. The van der Waals surface area contributed by atoms with Gasteiger partial charge in [-0.3, -0.25) is 0 Å². The number of rotatable bonds is 6. The van der Waals surface area contributed by atoms with Crippen LogP contribution in [0.5, 0.6) is 0 Å². The number of nitrogen functional groups attached to an aromatic ring is 1. The fourth-order valence-electron chi connectivity index (χ4n) is 4.64. The zero-order valence-corrected chi connectivity index (χ0v) is 16.9. The molecule has 1 aliphatic carbocycles. The van der Waals surface area contributed by atoms with Gasteiger partial charge in [0.15, 0.2) is 0 Å². The van der Waals surface area contributed by atoms with Gasteiger partial charge in [-0.1, -0.05) is 54.6 Å². The minimum atomic E-state index is 0.174. The lowest BCUT2D eigenvalue weighted by Gasteiger charge is -2.27. The number of benzene rings is 2. The van der Waals surface area contributed by atoms with E-state index in [4.69, 9.17) is 5.73 Å². The monoisotopic (exact) mass is 398 g/mol. The van der Waals surface area contributed by atoms with Gasteiger partial charge in [-0.05, 0) is 60.5 Å². The van der Waals surface area contributed by atoms with E-state index in [9.17, 15) is 0 Å². The molecule has 1 aliphatic rings. The summed E-state index contributed by atoms with van der Waals surface area (Å²) in [5.74, 6) is 0.650. The Morgan fingerprint density at radius 3 is 2.70 bits per heavy atom. The SMILES string of the molecule is Nc1cc(C(CCNC2CCc3ccccc3C2)c2ccccc2)c2n[nH]nc2n1. The predicted octanol–water partition coefficient (Wildman–Crippen LogP) is 3.60. The predicted molar refractivity (Wildman–Crippen MR) is 119 cm³/mol. The van der Waals surface area contributed by atoms with Crippen LogP contribution < -0.4 is 11.1 Å². The number of anilines is 1. The molecule has 6 heteroatoms. The Kier molecular flexibility index (Phi) is 5.15. The van der Waals surface area contributed by atoms with Crippen molar-refractivity contribution in [1.29, 1.82) is 0 Å². The number of fused-ring (bicyclic) bond motifs is 2. The van der Waals surface area contributed by atoms with Gasteiger partial charge in [0, 0.05) is 12.0 Å². The van der Waals surface area contributed by atoms with E-state index < -0.39 is 0 Å². The third-order valence-electron chi connectivity index (χ3n) is 6.13. The van der Waals surface area contributed by atoms with Gasteiger partial charge >= 0.3 is 0 Å². The van der Waals surface area contributed by atoms with E-state index in [1.165, 1.54) is 23.1 Å². The molecule has 4 N–H and O–H groups in total. The van der Waals surface area contributed by atoms with Gasteiger partial charge in [-0.15, -0.1) is 5.10 Å². The largest absolute Gasteiger partial charge is 0.384 e. The van der Waals surface area contributed by atoms with Gasteiger partial charge in [-0.2, -0.15) is 10.3 Å². The Morgan fingerprint density at radius 1 is 1.03 bits per heavy atom. The number of hydrogen-bond donors (Lipinski definition) is 3. The van der Waals surface area contributed by atoms with Crippen LogP contribution in [-0.4, -0.2) is 33.0 Å². The Morgan fingerprint density at radius 2 is 1.83 bits per heavy atom. The molecule has 2 aromatic heterocycles. The third kappa shape index (κ3) is 3.78. The maximum atomic E-state index is 6.08. The number of aromatic nitrogens is 4. The van der Waals surface area contributed by atoms with Crippen molar-refractivity contribution in [1.82, 2.24) is 25.7 Å². The number of nitrogens with zero attached hydrogens (tertiary/aromatic N) is 3. The molecule has 4 aromatic rings. The summed E-state index contributed by atoms with van der Waals surface area (Å²) in [6, 6.07) is 21.8. The summed E-state index contributed by atoms with van der Waals surface area (Å²) in [6.45, 7) is 0.925. The van der Waals surface area contributed by atoms with E-state index >= 15 is 0 Å². The number of aryl methyl sites for hydroxylation is 1. The van der Waals surface area contributed by atoms with E-state index in [2.05, 4.69) is 74.2 Å². The molecule has 0 aliphatic heterocycles. The number of H-pyrrole nitrogens is 1. The van der Waals surface area contributed by atoms with E-state index in [0.29, 0.717) is 17.5 Å². The highest BCUT2D eigenvalue weighted by molar-refractivity contribution is 5.77. The lowest BCUT2D eigenvalue weighted by atomic mass is 9.86. The highest BCUT2D eigenvalue weighted by Gasteiger charge is 2.22. The van der Waals surface area contributed by atoms with Crippen molar-refractivity contribution in [2.24, 2.45) is 0 Å². The van der Waals surface area contributed by atoms with E-state index in [0.717, 1.165) is 36.9 Å². The molecule has 2 atom stereocenters. The number of nitrogens with one attached hydrogen (secondary N) is 2. The van der Waals surface area contributed by atoms with Gasteiger partial charge in [0.1, 0.15) is 11.3 Å². The van der Waals surface area contributed by atoms with Crippen molar-refractivity contribution in [3.63, 3.8) is 0 Å². The van der Waals surface area contributed by atoms with Crippen LogP contribution in [0.2, 0.25) is 0 Å². The van der Waals surface area contributed by atoms with Crippen LogP contribution in [0.1, 0.15) is 41.0 Å². The molecule has 2 unspecified atom stereocenters. The molecule has 0 bridgehead atoms. The van der Waals surface area contributed by atoms with Crippen LogP contribution in [0.4, 0.5) is 5.82 Å². The van der Waals surface area contributed by atoms with Crippen molar-refractivity contribution in [2.45, 2.75) is 37.6 Å². The first-order valence-electron chi connectivity index (χ1n) is 10.6. The lowest BCUT2D eigenvalue weighted by Crippen LogP contribution is -2.35. The minimum Gasteiger partial charge on any atom is -0.384 e. The summed E-state index contributed by atoms with van der Waals surface area (Å²) in [4.78, 5) is 4.30. The molecule has 0 saturated heterocycles. The molecule has 30 heavy (non-hydrogen) atoms. The summed E-state index contributed by atoms with van der Waals surface area (Å²) in [5.41, 5.74) is 12.8. The molecular formula is C24H26N6. The molecule has 2 aromatic carbocycles. The molecule has 2 heterocycles. The fraction of sp³-hybridized carbons (Fsp3) is 0.292.